The van der Waals surface area contributed by atoms with E-state index in [9.17, 15) is 9.59 Å². The number of benzene rings is 1. The number of esters is 1. The Bertz CT molecular complexity index is 857. The molecule has 0 N–H and O–H groups in total. The molecule has 0 aliphatic carbocycles. The third-order valence-corrected chi connectivity index (χ3v) is 5.61. The summed E-state index contributed by atoms with van der Waals surface area (Å²) in [5, 5.41) is 0. The van der Waals surface area contributed by atoms with Gasteiger partial charge in [0.1, 0.15) is 0 Å². The highest BCUT2D eigenvalue weighted by molar-refractivity contribution is 5.92. The summed E-state index contributed by atoms with van der Waals surface area (Å²) in [4.78, 5) is 32.7. The van der Waals surface area contributed by atoms with Gasteiger partial charge in [-0.05, 0) is 48.7 Å². The first-order valence-corrected chi connectivity index (χ1v) is 10.3. The Morgan fingerprint density at radius 3 is 2.53 bits per heavy atom. The van der Waals surface area contributed by atoms with Crippen LogP contribution in [0.2, 0.25) is 0 Å². The summed E-state index contributed by atoms with van der Waals surface area (Å²) < 4.78 is 4.69. The van der Waals surface area contributed by atoms with Crippen LogP contribution in [0.3, 0.4) is 0 Å². The van der Waals surface area contributed by atoms with Crippen LogP contribution in [-0.2, 0) is 16.0 Å². The number of hydrogen-bond acceptors (Lipinski definition) is 5. The van der Waals surface area contributed by atoms with Crippen molar-refractivity contribution in [3.8, 4) is 0 Å². The number of carbonyl (C=O) groups excluding carboxylic acids is 2. The van der Waals surface area contributed by atoms with Gasteiger partial charge >= 0.3 is 5.97 Å². The molecular weight excluding hydrogens is 378 g/mol. The first kappa shape index (κ1) is 21.7. The second-order valence-corrected chi connectivity index (χ2v) is 7.54. The molecule has 1 aromatic carbocycles. The van der Waals surface area contributed by atoms with Crippen LogP contribution in [-0.4, -0.2) is 66.5 Å². The highest BCUT2D eigenvalue weighted by atomic mass is 16.5. The van der Waals surface area contributed by atoms with Crippen molar-refractivity contribution < 1.29 is 14.3 Å². The zero-order valence-corrected chi connectivity index (χ0v) is 17.7. The molecule has 1 amide bonds. The molecule has 30 heavy (non-hydrogen) atoms. The summed E-state index contributed by atoms with van der Waals surface area (Å²) in [6.07, 6.45) is 8.13. The van der Waals surface area contributed by atoms with E-state index in [1.54, 1.807) is 36.4 Å². The van der Waals surface area contributed by atoms with E-state index >= 15 is 0 Å². The summed E-state index contributed by atoms with van der Waals surface area (Å²) in [7, 11) is 3.23. The van der Waals surface area contributed by atoms with Crippen LogP contribution in [0.5, 0.6) is 0 Å². The third-order valence-electron chi connectivity index (χ3n) is 5.61. The van der Waals surface area contributed by atoms with Gasteiger partial charge in [0.05, 0.1) is 12.7 Å². The molecule has 2 heterocycles. The maximum Gasteiger partial charge on any atom is 0.337 e. The van der Waals surface area contributed by atoms with Crippen LogP contribution in [0.1, 0.15) is 34.5 Å². The molecule has 0 unspecified atom stereocenters. The minimum Gasteiger partial charge on any atom is -0.465 e. The van der Waals surface area contributed by atoms with E-state index in [2.05, 4.69) is 16.0 Å². The molecular formula is C24H29N3O3. The van der Waals surface area contributed by atoms with Gasteiger partial charge in [-0.2, -0.15) is 0 Å². The summed E-state index contributed by atoms with van der Waals surface area (Å²) in [6.45, 7) is 2.99. The molecule has 1 aliphatic rings. The van der Waals surface area contributed by atoms with Gasteiger partial charge < -0.3 is 14.5 Å². The average Bonchev–Trinajstić information content (AvgIpc) is 2.81. The molecule has 1 aromatic heterocycles. The zero-order chi connectivity index (χ0) is 21.3. The van der Waals surface area contributed by atoms with Crippen molar-refractivity contribution in [1.82, 2.24) is 14.8 Å². The SMILES string of the molecule is COC(=O)c1ccc(/C=C/C(=O)N(C)C2CCN(CCc3ccccn3)CC2)cc1. The van der Waals surface area contributed by atoms with Crippen molar-refractivity contribution in [2.75, 3.05) is 33.8 Å². The van der Waals surface area contributed by atoms with Gasteiger partial charge in [0, 0.05) is 57.1 Å². The number of hydrogen-bond donors (Lipinski definition) is 0. The van der Waals surface area contributed by atoms with Crippen LogP contribution < -0.4 is 0 Å². The lowest BCUT2D eigenvalue weighted by molar-refractivity contribution is -0.127. The Labute approximate surface area is 178 Å². The molecule has 1 saturated heterocycles. The Morgan fingerprint density at radius 1 is 1.17 bits per heavy atom. The summed E-state index contributed by atoms with van der Waals surface area (Å²) in [5.41, 5.74) is 2.48. The number of amides is 1. The van der Waals surface area contributed by atoms with E-state index in [1.165, 1.54) is 7.11 Å². The largest absolute Gasteiger partial charge is 0.465 e. The monoisotopic (exact) mass is 407 g/mol. The van der Waals surface area contributed by atoms with E-state index in [4.69, 9.17) is 4.74 Å². The van der Waals surface area contributed by atoms with Crippen LogP contribution in [0.25, 0.3) is 6.08 Å². The number of aromatic nitrogens is 1. The van der Waals surface area contributed by atoms with Gasteiger partial charge in [0.2, 0.25) is 5.91 Å². The van der Waals surface area contributed by atoms with E-state index in [0.29, 0.717) is 5.56 Å². The van der Waals surface area contributed by atoms with Crippen molar-refractivity contribution in [2.45, 2.75) is 25.3 Å². The number of ether oxygens (including phenoxy) is 1. The Balaban J connectivity index is 1.45. The van der Waals surface area contributed by atoms with Gasteiger partial charge in [-0.1, -0.05) is 18.2 Å². The molecule has 0 bridgehead atoms. The lowest BCUT2D eigenvalue weighted by Gasteiger charge is -2.36. The van der Waals surface area contributed by atoms with Crippen molar-refractivity contribution >= 4 is 18.0 Å². The topological polar surface area (TPSA) is 62.7 Å². The van der Waals surface area contributed by atoms with Gasteiger partial charge in [0.15, 0.2) is 0 Å². The number of carbonyl (C=O) groups is 2. The fraction of sp³-hybridized carbons (Fsp3) is 0.375. The van der Waals surface area contributed by atoms with Crippen molar-refractivity contribution in [1.29, 1.82) is 0 Å². The molecule has 3 rings (SSSR count). The first-order chi connectivity index (χ1) is 14.6. The smallest absolute Gasteiger partial charge is 0.337 e. The number of rotatable bonds is 7. The van der Waals surface area contributed by atoms with E-state index in [-0.39, 0.29) is 17.9 Å². The molecule has 2 aromatic rings. The predicted octanol–water partition coefficient (Wildman–Crippen LogP) is 3.05. The molecule has 1 aliphatic heterocycles. The highest BCUT2D eigenvalue weighted by Gasteiger charge is 2.24. The minimum atomic E-state index is -0.368. The Hall–Kier alpha value is -2.99. The molecule has 0 atom stereocenters. The van der Waals surface area contributed by atoms with Crippen LogP contribution in [0, 0.1) is 0 Å². The normalized spacial score (nSPS) is 15.3. The fourth-order valence-corrected chi connectivity index (χ4v) is 3.66. The van der Waals surface area contributed by atoms with Crippen LogP contribution >= 0.6 is 0 Å². The molecule has 158 valence electrons. The summed E-state index contributed by atoms with van der Waals surface area (Å²) in [6, 6.07) is 13.3. The maximum atomic E-state index is 12.6. The van der Waals surface area contributed by atoms with Gasteiger partial charge in [0.25, 0.3) is 0 Å². The Morgan fingerprint density at radius 2 is 1.90 bits per heavy atom. The number of methoxy groups -OCH3 is 1. The van der Waals surface area contributed by atoms with Crippen molar-refractivity contribution in [3.05, 3.63) is 71.6 Å². The second kappa shape index (κ2) is 10.7. The number of nitrogens with zero attached hydrogens (tertiary/aromatic N) is 3. The standard InChI is InChI=1S/C24H29N3O3/c1-26(23(28)11-8-19-6-9-20(10-7-19)24(29)30-2)22-13-17-27(18-14-22)16-12-21-5-3-4-15-25-21/h3-11,15,22H,12-14,16-18H2,1-2H3/b11-8+. The average molecular weight is 408 g/mol. The molecule has 0 spiro atoms. The van der Waals surface area contributed by atoms with Crippen molar-refractivity contribution in [2.24, 2.45) is 0 Å². The highest BCUT2D eigenvalue weighted by Crippen LogP contribution is 2.17. The molecule has 0 radical (unpaired) electrons. The third kappa shape index (κ3) is 6.00. The predicted molar refractivity (Wildman–Crippen MR) is 117 cm³/mol. The van der Waals surface area contributed by atoms with E-state index in [0.717, 1.165) is 50.2 Å². The number of pyridine rings is 1. The Kier molecular flexibility index (Phi) is 7.74. The number of likely N-dealkylation sites (N-methyl/N-ethyl adjacent to an activating group) is 1. The van der Waals surface area contributed by atoms with Gasteiger partial charge in [-0.3, -0.25) is 9.78 Å². The molecule has 6 heteroatoms. The van der Waals surface area contributed by atoms with E-state index in [1.807, 2.05) is 30.3 Å². The second-order valence-electron chi connectivity index (χ2n) is 7.54. The lowest BCUT2D eigenvalue weighted by atomic mass is 10.0. The quantitative estimate of drug-likeness (QED) is 0.521. The fourth-order valence-electron chi connectivity index (χ4n) is 3.66. The number of piperidine rings is 1. The van der Waals surface area contributed by atoms with Crippen LogP contribution in [0.15, 0.2) is 54.7 Å². The molecule has 0 saturated carbocycles. The number of likely N-dealkylation sites (tertiary alicyclic amines) is 1. The van der Waals surface area contributed by atoms with E-state index < -0.39 is 0 Å². The van der Waals surface area contributed by atoms with Gasteiger partial charge in [-0.25, -0.2) is 4.79 Å². The van der Waals surface area contributed by atoms with Crippen LogP contribution in [0.4, 0.5) is 0 Å². The summed E-state index contributed by atoms with van der Waals surface area (Å²) in [5.74, 6) is -0.369. The molecule has 1 fully saturated rings. The van der Waals surface area contributed by atoms with Gasteiger partial charge in [-0.15, -0.1) is 0 Å². The summed E-state index contributed by atoms with van der Waals surface area (Å²) >= 11 is 0. The van der Waals surface area contributed by atoms with Crippen molar-refractivity contribution in [3.63, 3.8) is 0 Å². The minimum absolute atomic E-state index is 0.000944. The maximum absolute atomic E-state index is 12.6. The zero-order valence-electron chi connectivity index (χ0n) is 17.7. The molecule has 6 nitrogen and oxygen atoms in total. The first-order valence-electron chi connectivity index (χ1n) is 10.3. The lowest BCUT2D eigenvalue weighted by Crippen LogP contribution is -2.45.